The standard InChI is InChI=1S/C13H23N5O2/c1-3-7-17-13(12(18(19)20)10(2)15-17)16-8-5-4-6-11(16)9-14/h11H,3-9,14H2,1-2H3. The molecule has 0 bridgehead atoms. The third-order valence-corrected chi connectivity index (χ3v) is 3.86. The first kappa shape index (κ1) is 14.8. The molecule has 0 radical (unpaired) electrons. The Morgan fingerprint density at radius 3 is 2.85 bits per heavy atom. The Morgan fingerprint density at radius 1 is 1.50 bits per heavy atom. The first-order valence-corrected chi connectivity index (χ1v) is 7.28. The number of aromatic nitrogens is 2. The summed E-state index contributed by atoms with van der Waals surface area (Å²) < 4.78 is 1.78. The van der Waals surface area contributed by atoms with E-state index in [1.165, 1.54) is 0 Å². The number of piperidine rings is 1. The van der Waals surface area contributed by atoms with Crippen LogP contribution >= 0.6 is 0 Å². The average molecular weight is 281 g/mol. The van der Waals surface area contributed by atoms with Gasteiger partial charge in [-0.3, -0.25) is 10.1 Å². The number of nitrogens with zero attached hydrogens (tertiary/aromatic N) is 4. The van der Waals surface area contributed by atoms with Crippen molar-refractivity contribution in [3.05, 3.63) is 15.8 Å². The molecule has 1 aliphatic heterocycles. The van der Waals surface area contributed by atoms with Crippen LogP contribution in [0.1, 0.15) is 38.3 Å². The van der Waals surface area contributed by atoms with Gasteiger partial charge in [-0.15, -0.1) is 0 Å². The van der Waals surface area contributed by atoms with E-state index in [0.29, 0.717) is 24.6 Å². The molecular weight excluding hydrogens is 258 g/mol. The van der Waals surface area contributed by atoms with Gasteiger partial charge in [-0.05, 0) is 32.6 Å². The van der Waals surface area contributed by atoms with Crippen molar-refractivity contribution in [1.29, 1.82) is 0 Å². The van der Waals surface area contributed by atoms with E-state index >= 15 is 0 Å². The molecular formula is C13H23N5O2. The zero-order valence-electron chi connectivity index (χ0n) is 12.2. The summed E-state index contributed by atoms with van der Waals surface area (Å²) in [6.07, 6.45) is 4.06. The van der Waals surface area contributed by atoms with E-state index in [-0.39, 0.29) is 16.7 Å². The molecule has 1 saturated heterocycles. The van der Waals surface area contributed by atoms with E-state index in [1.54, 1.807) is 11.6 Å². The van der Waals surface area contributed by atoms with Crippen molar-refractivity contribution in [2.75, 3.05) is 18.0 Å². The van der Waals surface area contributed by atoms with Crippen LogP contribution in [-0.4, -0.2) is 33.8 Å². The summed E-state index contributed by atoms with van der Waals surface area (Å²) in [5, 5.41) is 15.8. The Hall–Kier alpha value is -1.63. The van der Waals surface area contributed by atoms with Crippen molar-refractivity contribution in [2.24, 2.45) is 5.73 Å². The zero-order chi connectivity index (χ0) is 14.7. The molecule has 1 aromatic rings. The molecule has 2 N–H and O–H groups in total. The lowest BCUT2D eigenvalue weighted by Crippen LogP contribution is -2.45. The van der Waals surface area contributed by atoms with E-state index in [4.69, 9.17) is 5.73 Å². The molecule has 0 aliphatic carbocycles. The lowest BCUT2D eigenvalue weighted by molar-refractivity contribution is -0.384. The molecule has 2 rings (SSSR count). The molecule has 1 unspecified atom stereocenters. The summed E-state index contributed by atoms with van der Waals surface area (Å²) in [4.78, 5) is 13.2. The summed E-state index contributed by atoms with van der Waals surface area (Å²) in [5.74, 6) is 0.643. The minimum absolute atomic E-state index is 0.138. The fourth-order valence-corrected chi connectivity index (χ4v) is 2.95. The van der Waals surface area contributed by atoms with Gasteiger partial charge in [0.15, 0.2) is 0 Å². The molecule has 20 heavy (non-hydrogen) atoms. The van der Waals surface area contributed by atoms with Crippen LogP contribution in [0.5, 0.6) is 0 Å². The monoisotopic (exact) mass is 281 g/mol. The number of hydrogen-bond donors (Lipinski definition) is 1. The van der Waals surface area contributed by atoms with E-state index in [1.807, 2.05) is 6.92 Å². The second-order valence-electron chi connectivity index (χ2n) is 5.32. The molecule has 1 aromatic heterocycles. The average Bonchev–Trinajstić information content (AvgIpc) is 2.75. The minimum Gasteiger partial charge on any atom is -0.347 e. The van der Waals surface area contributed by atoms with Crippen LogP contribution in [0, 0.1) is 17.0 Å². The second kappa shape index (κ2) is 6.21. The molecule has 0 saturated carbocycles. The number of nitro groups is 1. The quantitative estimate of drug-likeness (QED) is 0.656. The van der Waals surface area contributed by atoms with Crippen molar-refractivity contribution in [2.45, 2.75) is 52.1 Å². The maximum absolute atomic E-state index is 11.4. The molecule has 0 aromatic carbocycles. The fourth-order valence-electron chi connectivity index (χ4n) is 2.95. The van der Waals surface area contributed by atoms with Gasteiger partial charge in [-0.25, -0.2) is 4.68 Å². The van der Waals surface area contributed by atoms with Gasteiger partial charge in [0, 0.05) is 25.7 Å². The highest BCUT2D eigenvalue weighted by atomic mass is 16.6. The first-order chi connectivity index (χ1) is 9.60. The highest BCUT2D eigenvalue weighted by Gasteiger charge is 2.33. The van der Waals surface area contributed by atoms with Crippen molar-refractivity contribution in [3.8, 4) is 0 Å². The summed E-state index contributed by atoms with van der Waals surface area (Å²) >= 11 is 0. The molecule has 2 heterocycles. The predicted octanol–water partition coefficient (Wildman–Crippen LogP) is 1.83. The normalized spacial score (nSPS) is 19.4. The van der Waals surface area contributed by atoms with E-state index < -0.39 is 0 Å². The van der Waals surface area contributed by atoms with Crippen molar-refractivity contribution >= 4 is 11.5 Å². The molecule has 0 amide bonds. The number of aryl methyl sites for hydroxylation is 2. The molecule has 7 heteroatoms. The molecule has 0 spiro atoms. The van der Waals surface area contributed by atoms with E-state index in [9.17, 15) is 10.1 Å². The third-order valence-electron chi connectivity index (χ3n) is 3.86. The van der Waals surface area contributed by atoms with Crippen LogP contribution in [0.3, 0.4) is 0 Å². The number of anilines is 1. The fraction of sp³-hybridized carbons (Fsp3) is 0.769. The number of nitrogens with two attached hydrogens (primary N) is 1. The van der Waals surface area contributed by atoms with Crippen LogP contribution in [0.25, 0.3) is 0 Å². The smallest absolute Gasteiger partial charge is 0.333 e. The van der Waals surface area contributed by atoms with Gasteiger partial charge in [0.25, 0.3) is 0 Å². The van der Waals surface area contributed by atoms with Gasteiger partial charge < -0.3 is 10.6 Å². The maximum Gasteiger partial charge on any atom is 0.333 e. The predicted molar refractivity (Wildman–Crippen MR) is 77.9 cm³/mol. The molecule has 1 atom stereocenters. The summed E-state index contributed by atoms with van der Waals surface area (Å²) in [6.45, 7) is 5.78. The van der Waals surface area contributed by atoms with Crippen LogP contribution in [0.15, 0.2) is 0 Å². The Labute approximate surface area is 118 Å². The highest BCUT2D eigenvalue weighted by Crippen LogP contribution is 2.35. The van der Waals surface area contributed by atoms with Crippen LogP contribution in [0.4, 0.5) is 11.5 Å². The highest BCUT2D eigenvalue weighted by molar-refractivity contribution is 5.62. The molecule has 7 nitrogen and oxygen atoms in total. The van der Waals surface area contributed by atoms with Crippen LogP contribution in [-0.2, 0) is 6.54 Å². The molecule has 1 fully saturated rings. The van der Waals surface area contributed by atoms with Gasteiger partial charge in [-0.1, -0.05) is 6.92 Å². The van der Waals surface area contributed by atoms with E-state index in [2.05, 4.69) is 10.00 Å². The zero-order valence-corrected chi connectivity index (χ0v) is 12.2. The molecule has 1 aliphatic rings. The van der Waals surface area contributed by atoms with Gasteiger partial charge in [0.05, 0.1) is 4.92 Å². The van der Waals surface area contributed by atoms with Gasteiger partial charge >= 0.3 is 5.69 Å². The van der Waals surface area contributed by atoms with Crippen LogP contribution < -0.4 is 10.6 Å². The Kier molecular flexibility index (Phi) is 4.59. The van der Waals surface area contributed by atoms with Crippen LogP contribution in [0.2, 0.25) is 0 Å². The Balaban J connectivity index is 2.48. The van der Waals surface area contributed by atoms with Crippen molar-refractivity contribution in [1.82, 2.24) is 9.78 Å². The summed E-state index contributed by atoms with van der Waals surface area (Å²) in [7, 11) is 0. The minimum atomic E-state index is -0.313. The Bertz CT molecular complexity index is 485. The number of hydrogen-bond acceptors (Lipinski definition) is 5. The van der Waals surface area contributed by atoms with Crippen molar-refractivity contribution in [3.63, 3.8) is 0 Å². The second-order valence-corrected chi connectivity index (χ2v) is 5.32. The lowest BCUT2D eigenvalue weighted by atomic mass is 10.0. The Morgan fingerprint density at radius 2 is 2.25 bits per heavy atom. The third kappa shape index (κ3) is 2.63. The summed E-state index contributed by atoms with van der Waals surface area (Å²) in [5.41, 5.74) is 6.47. The lowest BCUT2D eigenvalue weighted by Gasteiger charge is -2.36. The maximum atomic E-state index is 11.4. The van der Waals surface area contributed by atoms with Gasteiger partial charge in [-0.2, -0.15) is 5.10 Å². The number of rotatable bonds is 5. The van der Waals surface area contributed by atoms with Gasteiger partial charge in [0.1, 0.15) is 5.69 Å². The molecule has 112 valence electrons. The van der Waals surface area contributed by atoms with Gasteiger partial charge in [0.2, 0.25) is 5.82 Å². The summed E-state index contributed by atoms with van der Waals surface area (Å²) in [6, 6.07) is 0.175. The SMILES string of the molecule is CCCn1nc(C)c([N+](=O)[O-])c1N1CCCCC1CN. The topological polar surface area (TPSA) is 90.2 Å². The van der Waals surface area contributed by atoms with E-state index in [0.717, 1.165) is 32.2 Å². The largest absolute Gasteiger partial charge is 0.347 e. The first-order valence-electron chi connectivity index (χ1n) is 7.28. The van der Waals surface area contributed by atoms with Crippen molar-refractivity contribution < 1.29 is 4.92 Å².